The standard InChI is InChI=1S/C51H75NO9/c1-46(2,3)34-25-31(26-35(40(34)53)47(4,5)6)43(56)59-22-19-52(20-23-60-44(57)32-27-36(48(7,8)9)41(54)37(28-32)49(10,11)12)21-24-61-45(58)33-29-38(50(13,14)15)42(55)39(30-33)51(16,17)18/h25-30,53-55H,19-24H2,1-18H3. The molecule has 0 bridgehead atoms. The van der Waals surface area contributed by atoms with Gasteiger partial charge in [0.15, 0.2) is 0 Å². The van der Waals surface area contributed by atoms with Gasteiger partial charge >= 0.3 is 17.9 Å². The summed E-state index contributed by atoms with van der Waals surface area (Å²) in [4.78, 5) is 42.6. The van der Waals surface area contributed by atoms with Crippen LogP contribution in [0.2, 0.25) is 0 Å². The third-order valence-corrected chi connectivity index (χ3v) is 10.8. The fourth-order valence-corrected chi connectivity index (χ4v) is 7.07. The molecule has 0 saturated heterocycles. The fourth-order valence-electron chi connectivity index (χ4n) is 7.07. The Labute approximate surface area is 366 Å². The number of carbonyl (C=O) groups excluding carboxylic acids is 3. The van der Waals surface area contributed by atoms with E-state index in [1.165, 1.54) is 0 Å². The normalized spacial score (nSPS) is 13.0. The second-order valence-electron chi connectivity index (χ2n) is 22.5. The highest BCUT2D eigenvalue weighted by Gasteiger charge is 2.31. The second kappa shape index (κ2) is 18.4. The Balaban J connectivity index is 1.87. The number of phenolic OH excluding ortho intramolecular Hbond substituents is 3. The molecule has 10 heteroatoms. The molecule has 0 aliphatic rings. The molecule has 338 valence electrons. The molecule has 3 rings (SSSR count). The van der Waals surface area contributed by atoms with Crippen LogP contribution in [0, 0.1) is 0 Å². The molecular formula is C51H75NO9. The number of hydrogen-bond donors (Lipinski definition) is 3. The van der Waals surface area contributed by atoms with Gasteiger partial charge in [-0.3, -0.25) is 4.90 Å². The molecule has 0 saturated carbocycles. The maximum atomic E-state index is 13.6. The zero-order valence-electron chi connectivity index (χ0n) is 40.4. The summed E-state index contributed by atoms with van der Waals surface area (Å²) in [7, 11) is 0. The van der Waals surface area contributed by atoms with Crippen LogP contribution in [0.5, 0.6) is 17.2 Å². The molecule has 0 aliphatic heterocycles. The van der Waals surface area contributed by atoms with Gasteiger partial charge in [-0.25, -0.2) is 14.4 Å². The van der Waals surface area contributed by atoms with E-state index in [0.717, 1.165) is 0 Å². The van der Waals surface area contributed by atoms with Crippen molar-refractivity contribution < 1.29 is 43.9 Å². The molecule has 0 aromatic heterocycles. The Morgan fingerprint density at radius 3 is 0.689 bits per heavy atom. The molecule has 0 spiro atoms. The lowest BCUT2D eigenvalue weighted by Crippen LogP contribution is -2.35. The first-order valence-electron chi connectivity index (χ1n) is 21.4. The zero-order valence-corrected chi connectivity index (χ0v) is 40.4. The van der Waals surface area contributed by atoms with Gasteiger partial charge in [-0.05, 0) is 68.9 Å². The molecule has 3 N–H and O–H groups in total. The van der Waals surface area contributed by atoms with Gasteiger partial charge < -0.3 is 29.5 Å². The van der Waals surface area contributed by atoms with Crippen LogP contribution in [0.3, 0.4) is 0 Å². The van der Waals surface area contributed by atoms with Crippen molar-refractivity contribution in [3.8, 4) is 17.2 Å². The molecule has 0 fully saturated rings. The second-order valence-corrected chi connectivity index (χ2v) is 22.5. The van der Waals surface area contributed by atoms with Crippen molar-refractivity contribution in [3.05, 3.63) is 86.5 Å². The minimum absolute atomic E-state index is 0.0129. The van der Waals surface area contributed by atoms with Gasteiger partial charge in [-0.1, -0.05) is 125 Å². The Morgan fingerprint density at radius 1 is 0.377 bits per heavy atom. The first-order chi connectivity index (χ1) is 27.5. The summed E-state index contributed by atoms with van der Waals surface area (Å²) in [5, 5.41) is 33.5. The molecular weight excluding hydrogens is 771 g/mol. The Bertz CT molecular complexity index is 1730. The monoisotopic (exact) mass is 846 g/mol. The van der Waals surface area contributed by atoms with Crippen molar-refractivity contribution in [3.63, 3.8) is 0 Å². The summed E-state index contributed by atoms with van der Waals surface area (Å²) in [6.45, 7) is 36.2. The number of carbonyl (C=O) groups is 3. The van der Waals surface area contributed by atoms with Gasteiger partial charge in [0.25, 0.3) is 0 Å². The largest absolute Gasteiger partial charge is 0.507 e. The fraction of sp³-hybridized carbons (Fsp3) is 0.588. The van der Waals surface area contributed by atoms with Crippen LogP contribution in [-0.4, -0.2) is 77.6 Å². The van der Waals surface area contributed by atoms with Crippen molar-refractivity contribution in [2.24, 2.45) is 0 Å². The third kappa shape index (κ3) is 13.2. The summed E-state index contributed by atoms with van der Waals surface area (Å²) in [5.74, 6) is -1.12. The number of ether oxygens (including phenoxy) is 3. The summed E-state index contributed by atoms with van der Waals surface area (Å²) in [6.07, 6.45) is 0. The Morgan fingerprint density at radius 2 is 0.541 bits per heavy atom. The maximum absolute atomic E-state index is 13.6. The highest BCUT2D eigenvalue weighted by Crippen LogP contribution is 2.42. The minimum Gasteiger partial charge on any atom is -0.507 e. The van der Waals surface area contributed by atoms with Gasteiger partial charge in [0.2, 0.25) is 0 Å². The lowest BCUT2D eigenvalue weighted by Gasteiger charge is -2.28. The van der Waals surface area contributed by atoms with E-state index in [0.29, 0.717) is 50.1 Å². The average molecular weight is 846 g/mol. The van der Waals surface area contributed by atoms with Crippen LogP contribution in [0.25, 0.3) is 0 Å². The quantitative estimate of drug-likeness (QED) is 0.119. The van der Waals surface area contributed by atoms with Gasteiger partial charge in [0.05, 0.1) is 16.7 Å². The Kier molecular flexibility index (Phi) is 15.3. The average Bonchev–Trinajstić information content (AvgIpc) is 3.08. The summed E-state index contributed by atoms with van der Waals surface area (Å²) in [5.41, 5.74) is 2.27. The minimum atomic E-state index is -0.540. The molecule has 3 aromatic rings. The molecule has 10 nitrogen and oxygen atoms in total. The lowest BCUT2D eigenvalue weighted by atomic mass is 9.78. The van der Waals surface area contributed by atoms with E-state index < -0.39 is 50.4 Å². The lowest BCUT2D eigenvalue weighted by molar-refractivity contribution is 0.0331. The highest BCUT2D eigenvalue weighted by molar-refractivity contribution is 5.92. The van der Waals surface area contributed by atoms with E-state index in [1.54, 1.807) is 36.4 Å². The molecule has 0 aliphatic carbocycles. The smallest absolute Gasteiger partial charge is 0.338 e. The van der Waals surface area contributed by atoms with E-state index >= 15 is 0 Å². The molecule has 0 amide bonds. The van der Waals surface area contributed by atoms with Crippen LogP contribution in [-0.2, 0) is 46.7 Å². The predicted molar refractivity (Wildman–Crippen MR) is 244 cm³/mol. The Hall–Kier alpha value is -4.57. The van der Waals surface area contributed by atoms with Gasteiger partial charge in [0, 0.05) is 53.0 Å². The van der Waals surface area contributed by atoms with Crippen molar-refractivity contribution >= 4 is 17.9 Å². The van der Waals surface area contributed by atoms with Crippen molar-refractivity contribution in [1.82, 2.24) is 4.90 Å². The van der Waals surface area contributed by atoms with Gasteiger partial charge in [0.1, 0.15) is 37.1 Å². The van der Waals surface area contributed by atoms with E-state index in [-0.39, 0.29) is 56.7 Å². The number of rotatable bonds is 12. The SMILES string of the molecule is CC(C)(C)c1cc(C(=O)OCCN(CCOC(=O)c2cc(C(C)(C)C)c(O)c(C(C)(C)C)c2)CCOC(=O)c2cc(C(C)(C)C)c(O)c(C(C)(C)C)c2)cc(C(C)(C)C)c1O. The van der Waals surface area contributed by atoms with Crippen LogP contribution in [0.1, 0.15) is 189 Å². The summed E-state index contributed by atoms with van der Waals surface area (Å²) >= 11 is 0. The van der Waals surface area contributed by atoms with Crippen LogP contribution in [0.4, 0.5) is 0 Å². The third-order valence-electron chi connectivity index (χ3n) is 10.8. The molecule has 0 heterocycles. The number of aromatic hydroxyl groups is 3. The first-order valence-corrected chi connectivity index (χ1v) is 21.4. The molecule has 0 radical (unpaired) electrons. The first kappa shape index (κ1) is 50.8. The summed E-state index contributed by atoms with van der Waals surface area (Å²) < 4.78 is 17.4. The van der Waals surface area contributed by atoms with E-state index in [4.69, 9.17) is 14.2 Å². The zero-order chi connectivity index (χ0) is 46.8. The van der Waals surface area contributed by atoms with Crippen molar-refractivity contribution in [2.75, 3.05) is 39.5 Å². The predicted octanol–water partition coefficient (Wildman–Crippen LogP) is 10.8. The van der Waals surface area contributed by atoms with Gasteiger partial charge in [-0.15, -0.1) is 0 Å². The van der Waals surface area contributed by atoms with Crippen LogP contribution >= 0.6 is 0 Å². The number of benzene rings is 3. The topological polar surface area (TPSA) is 143 Å². The van der Waals surface area contributed by atoms with Crippen LogP contribution in [0.15, 0.2) is 36.4 Å². The van der Waals surface area contributed by atoms with E-state index in [2.05, 4.69) is 0 Å². The molecule has 0 unspecified atom stereocenters. The molecule has 0 atom stereocenters. The molecule has 3 aromatic carbocycles. The number of hydrogen-bond acceptors (Lipinski definition) is 10. The van der Waals surface area contributed by atoms with E-state index in [9.17, 15) is 29.7 Å². The number of esters is 3. The maximum Gasteiger partial charge on any atom is 0.338 e. The van der Waals surface area contributed by atoms with Crippen molar-refractivity contribution in [2.45, 2.75) is 157 Å². The van der Waals surface area contributed by atoms with Crippen molar-refractivity contribution in [1.29, 1.82) is 0 Å². The summed E-state index contributed by atoms with van der Waals surface area (Å²) in [6, 6.07) is 10.1. The van der Waals surface area contributed by atoms with Gasteiger partial charge in [-0.2, -0.15) is 0 Å². The number of nitrogens with zero attached hydrogens (tertiary/aromatic N) is 1. The number of phenols is 3. The van der Waals surface area contributed by atoms with Crippen LogP contribution < -0.4 is 0 Å². The highest BCUT2D eigenvalue weighted by atomic mass is 16.5. The molecule has 61 heavy (non-hydrogen) atoms. The van der Waals surface area contributed by atoms with E-state index in [1.807, 2.05) is 130 Å².